The van der Waals surface area contributed by atoms with Crippen molar-refractivity contribution in [1.82, 2.24) is 15.5 Å². The number of carbonyl (C=O) groups excluding carboxylic acids is 2. The van der Waals surface area contributed by atoms with Crippen molar-refractivity contribution in [2.24, 2.45) is 5.92 Å². The Labute approximate surface area is 166 Å². The van der Waals surface area contributed by atoms with E-state index in [1.807, 2.05) is 38.1 Å². The molecule has 1 aromatic heterocycles. The molecule has 1 aromatic carbocycles. The Morgan fingerprint density at radius 3 is 2.69 bits per heavy atom. The van der Waals surface area contributed by atoms with Gasteiger partial charge in [-0.2, -0.15) is 5.10 Å². The molecule has 0 radical (unpaired) electrons. The molecule has 6 nitrogen and oxygen atoms in total. The monoisotopic (exact) mass is 438 g/mol. The Hall–Kier alpha value is -1.80. The lowest BCUT2D eigenvalue weighted by molar-refractivity contribution is -0.126. The van der Waals surface area contributed by atoms with Gasteiger partial charge in [-0.05, 0) is 40.4 Å². The lowest BCUT2D eigenvalue weighted by Gasteiger charge is -2.19. The summed E-state index contributed by atoms with van der Waals surface area (Å²) in [5, 5.41) is 12.1. The van der Waals surface area contributed by atoms with E-state index in [0.29, 0.717) is 24.4 Å². The number of rotatable bonds is 9. The van der Waals surface area contributed by atoms with Crippen LogP contribution in [0.4, 0.5) is 5.82 Å². The molecule has 0 aliphatic carbocycles. The van der Waals surface area contributed by atoms with Gasteiger partial charge in [-0.25, -0.2) is 0 Å². The standard InChI is InChI=1S/C18H23BrN4O2S/c1-12(2)11-14(18(25)22-16-7-9-20-23-16)21-17(24)8-10-26-15-6-4-3-5-13(15)19/h3-7,9,12,14H,8,10-11H2,1-2H3,(H,21,24)(H2,20,22,23,25). The number of thioether (sulfide) groups is 1. The van der Waals surface area contributed by atoms with Crippen molar-refractivity contribution >= 4 is 45.3 Å². The van der Waals surface area contributed by atoms with Gasteiger partial charge in [0, 0.05) is 27.6 Å². The molecule has 2 amide bonds. The molecule has 0 saturated heterocycles. The zero-order valence-electron chi connectivity index (χ0n) is 14.8. The first-order valence-corrected chi connectivity index (χ1v) is 10.2. The number of amides is 2. The predicted molar refractivity (Wildman–Crippen MR) is 108 cm³/mol. The van der Waals surface area contributed by atoms with Crippen LogP contribution in [0.2, 0.25) is 0 Å². The first kappa shape index (κ1) is 20.5. The van der Waals surface area contributed by atoms with Crippen molar-refractivity contribution in [3.63, 3.8) is 0 Å². The number of aromatic nitrogens is 2. The number of H-pyrrole nitrogens is 1. The van der Waals surface area contributed by atoms with Crippen LogP contribution >= 0.6 is 27.7 Å². The molecule has 0 bridgehead atoms. The van der Waals surface area contributed by atoms with Gasteiger partial charge in [0.2, 0.25) is 11.8 Å². The van der Waals surface area contributed by atoms with Crippen molar-refractivity contribution in [2.75, 3.05) is 11.1 Å². The largest absolute Gasteiger partial charge is 0.344 e. The minimum Gasteiger partial charge on any atom is -0.344 e. The van der Waals surface area contributed by atoms with Crippen LogP contribution in [0, 0.1) is 5.92 Å². The molecule has 26 heavy (non-hydrogen) atoms. The number of hydrogen-bond donors (Lipinski definition) is 3. The Morgan fingerprint density at radius 2 is 2.04 bits per heavy atom. The molecule has 0 aliphatic heterocycles. The number of halogens is 1. The van der Waals surface area contributed by atoms with Gasteiger partial charge < -0.3 is 10.6 Å². The molecule has 0 aliphatic rings. The summed E-state index contributed by atoms with van der Waals surface area (Å²) in [7, 11) is 0. The number of nitrogens with one attached hydrogen (secondary N) is 3. The molecule has 0 spiro atoms. The van der Waals surface area contributed by atoms with E-state index in [0.717, 1.165) is 9.37 Å². The second-order valence-electron chi connectivity index (χ2n) is 6.24. The topological polar surface area (TPSA) is 86.9 Å². The van der Waals surface area contributed by atoms with Crippen LogP contribution in [-0.2, 0) is 9.59 Å². The third-order valence-electron chi connectivity index (χ3n) is 3.54. The Balaban J connectivity index is 1.85. The molecule has 1 atom stereocenters. The maximum Gasteiger partial charge on any atom is 0.248 e. The van der Waals surface area contributed by atoms with Gasteiger partial charge in [0.05, 0.1) is 6.20 Å². The Kier molecular flexibility index (Phi) is 8.18. The maximum atomic E-state index is 12.4. The van der Waals surface area contributed by atoms with E-state index in [2.05, 4.69) is 36.8 Å². The average Bonchev–Trinajstić information content (AvgIpc) is 3.08. The molecule has 140 valence electrons. The lowest BCUT2D eigenvalue weighted by atomic mass is 10.0. The van der Waals surface area contributed by atoms with E-state index in [-0.39, 0.29) is 17.7 Å². The van der Waals surface area contributed by atoms with Crippen LogP contribution in [0.1, 0.15) is 26.7 Å². The van der Waals surface area contributed by atoms with E-state index in [9.17, 15) is 9.59 Å². The summed E-state index contributed by atoms with van der Waals surface area (Å²) in [5.74, 6) is 1.07. The highest BCUT2D eigenvalue weighted by atomic mass is 79.9. The number of hydrogen-bond acceptors (Lipinski definition) is 4. The van der Waals surface area contributed by atoms with Crippen LogP contribution in [0.5, 0.6) is 0 Å². The van der Waals surface area contributed by atoms with Crippen LogP contribution in [0.15, 0.2) is 45.9 Å². The zero-order chi connectivity index (χ0) is 18.9. The number of anilines is 1. The maximum absolute atomic E-state index is 12.4. The normalized spacial score (nSPS) is 12.0. The minimum absolute atomic E-state index is 0.130. The van der Waals surface area contributed by atoms with Crippen molar-refractivity contribution in [3.8, 4) is 0 Å². The third-order valence-corrected chi connectivity index (χ3v) is 5.57. The van der Waals surface area contributed by atoms with E-state index >= 15 is 0 Å². The summed E-state index contributed by atoms with van der Waals surface area (Å²) < 4.78 is 1.02. The Bertz CT molecular complexity index is 722. The van der Waals surface area contributed by atoms with E-state index < -0.39 is 6.04 Å². The van der Waals surface area contributed by atoms with Crippen LogP contribution in [0.25, 0.3) is 0 Å². The van der Waals surface area contributed by atoms with Gasteiger partial charge in [0.25, 0.3) is 0 Å². The molecule has 0 saturated carbocycles. The van der Waals surface area contributed by atoms with Crippen molar-refractivity contribution in [2.45, 2.75) is 37.6 Å². The van der Waals surface area contributed by atoms with Crippen LogP contribution in [0.3, 0.4) is 0 Å². The number of nitrogens with zero attached hydrogens (tertiary/aromatic N) is 1. The molecule has 1 unspecified atom stereocenters. The summed E-state index contributed by atoms with van der Waals surface area (Å²) in [4.78, 5) is 25.8. The first-order chi connectivity index (χ1) is 12.5. The fourth-order valence-corrected chi connectivity index (χ4v) is 3.85. The van der Waals surface area contributed by atoms with Gasteiger partial charge in [0.1, 0.15) is 11.9 Å². The quantitative estimate of drug-likeness (QED) is 0.519. The third kappa shape index (κ3) is 6.84. The Morgan fingerprint density at radius 1 is 1.27 bits per heavy atom. The lowest BCUT2D eigenvalue weighted by Crippen LogP contribution is -2.44. The smallest absolute Gasteiger partial charge is 0.248 e. The molecular formula is C18H23BrN4O2S. The number of benzene rings is 1. The van der Waals surface area contributed by atoms with Crippen molar-refractivity contribution in [3.05, 3.63) is 41.0 Å². The van der Waals surface area contributed by atoms with Crippen molar-refractivity contribution < 1.29 is 9.59 Å². The minimum atomic E-state index is -0.570. The molecule has 2 rings (SSSR count). The summed E-state index contributed by atoms with van der Waals surface area (Å²) in [6, 6.07) is 8.99. The number of aromatic amines is 1. The van der Waals surface area contributed by atoms with Gasteiger partial charge >= 0.3 is 0 Å². The SMILES string of the molecule is CC(C)CC(NC(=O)CCSc1ccccc1Br)C(=O)Nc1ccn[nH]1. The van der Waals surface area contributed by atoms with Gasteiger partial charge in [-0.3, -0.25) is 14.7 Å². The van der Waals surface area contributed by atoms with Gasteiger partial charge in [-0.1, -0.05) is 26.0 Å². The van der Waals surface area contributed by atoms with Gasteiger partial charge in [-0.15, -0.1) is 11.8 Å². The summed E-state index contributed by atoms with van der Waals surface area (Å²) in [6.07, 6.45) is 2.48. The molecule has 2 aromatic rings. The summed E-state index contributed by atoms with van der Waals surface area (Å²) in [5.41, 5.74) is 0. The van der Waals surface area contributed by atoms with E-state index in [4.69, 9.17) is 0 Å². The van der Waals surface area contributed by atoms with E-state index in [1.165, 1.54) is 0 Å². The summed E-state index contributed by atoms with van der Waals surface area (Å²) >= 11 is 5.10. The predicted octanol–water partition coefficient (Wildman–Crippen LogP) is 3.82. The number of carbonyl (C=O) groups is 2. The second-order valence-corrected chi connectivity index (χ2v) is 8.23. The highest BCUT2D eigenvalue weighted by Gasteiger charge is 2.22. The molecule has 0 fully saturated rings. The van der Waals surface area contributed by atoms with Crippen LogP contribution in [-0.4, -0.2) is 33.8 Å². The second kappa shape index (κ2) is 10.4. The molecule has 8 heteroatoms. The average molecular weight is 439 g/mol. The molecule has 3 N–H and O–H groups in total. The highest BCUT2D eigenvalue weighted by Crippen LogP contribution is 2.27. The van der Waals surface area contributed by atoms with E-state index in [1.54, 1.807) is 24.0 Å². The van der Waals surface area contributed by atoms with Crippen molar-refractivity contribution in [1.29, 1.82) is 0 Å². The fourth-order valence-electron chi connectivity index (χ4n) is 2.33. The fraction of sp³-hybridized carbons (Fsp3) is 0.389. The molecular weight excluding hydrogens is 416 g/mol. The highest BCUT2D eigenvalue weighted by molar-refractivity contribution is 9.10. The molecule has 1 heterocycles. The first-order valence-electron chi connectivity index (χ1n) is 8.42. The summed E-state index contributed by atoms with van der Waals surface area (Å²) in [6.45, 7) is 4.04. The zero-order valence-corrected chi connectivity index (χ0v) is 17.2. The van der Waals surface area contributed by atoms with Crippen LogP contribution < -0.4 is 10.6 Å². The van der Waals surface area contributed by atoms with Gasteiger partial charge in [0.15, 0.2) is 0 Å².